The zero-order chi connectivity index (χ0) is 18.1. The summed E-state index contributed by atoms with van der Waals surface area (Å²) in [7, 11) is 0. The van der Waals surface area contributed by atoms with E-state index in [9.17, 15) is 9.90 Å². The van der Waals surface area contributed by atoms with Crippen LogP contribution in [0.3, 0.4) is 0 Å². The van der Waals surface area contributed by atoms with Gasteiger partial charge in [0.05, 0.1) is 18.3 Å². The van der Waals surface area contributed by atoms with Gasteiger partial charge in [-0.1, -0.05) is 22.9 Å². The second kappa shape index (κ2) is 7.42. The fraction of sp³-hybridized carbons (Fsp3) is 0.647. The van der Waals surface area contributed by atoms with Crippen molar-refractivity contribution < 1.29 is 14.4 Å². The van der Waals surface area contributed by atoms with Crippen molar-refractivity contribution in [1.82, 2.24) is 20.3 Å². The molecule has 1 amide bonds. The van der Waals surface area contributed by atoms with Crippen molar-refractivity contribution in [1.29, 1.82) is 0 Å². The normalized spacial score (nSPS) is 23.9. The maximum absolute atomic E-state index is 12.3. The number of aryl methyl sites for hydroxylation is 1. The van der Waals surface area contributed by atoms with E-state index >= 15 is 0 Å². The molecule has 140 valence electrons. The summed E-state index contributed by atoms with van der Waals surface area (Å²) >= 11 is 1.47. The molecule has 4 rings (SSSR count). The number of likely N-dealkylation sites (tertiary alicyclic amines) is 1. The number of nitrogens with one attached hydrogen (secondary N) is 1. The van der Waals surface area contributed by atoms with Gasteiger partial charge < -0.3 is 9.63 Å². The predicted octanol–water partition coefficient (Wildman–Crippen LogP) is 1.58. The van der Waals surface area contributed by atoms with Crippen LogP contribution < -0.4 is 5.32 Å². The van der Waals surface area contributed by atoms with E-state index in [1.807, 2.05) is 17.9 Å². The molecule has 8 nitrogen and oxygen atoms in total. The molecule has 0 spiro atoms. The average molecular weight is 377 g/mol. The molecule has 1 aliphatic heterocycles. The summed E-state index contributed by atoms with van der Waals surface area (Å²) in [5, 5.41) is 26.8. The van der Waals surface area contributed by atoms with Crippen LogP contribution in [-0.2, 0) is 11.2 Å². The van der Waals surface area contributed by atoms with Gasteiger partial charge >= 0.3 is 0 Å². The van der Waals surface area contributed by atoms with Crippen molar-refractivity contribution in [2.24, 2.45) is 5.92 Å². The van der Waals surface area contributed by atoms with E-state index in [1.165, 1.54) is 30.6 Å². The van der Waals surface area contributed by atoms with Crippen LogP contribution in [0.15, 0.2) is 10.6 Å². The van der Waals surface area contributed by atoms with Gasteiger partial charge in [-0.3, -0.25) is 15.0 Å². The fourth-order valence-corrected chi connectivity index (χ4v) is 4.44. The third kappa shape index (κ3) is 3.94. The van der Waals surface area contributed by atoms with Crippen LogP contribution in [-0.4, -0.2) is 57.0 Å². The van der Waals surface area contributed by atoms with E-state index in [0.29, 0.717) is 30.6 Å². The van der Waals surface area contributed by atoms with Crippen molar-refractivity contribution in [3.05, 3.63) is 22.5 Å². The minimum atomic E-state index is -0.472. The highest BCUT2D eigenvalue weighted by Crippen LogP contribution is 2.38. The van der Waals surface area contributed by atoms with E-state index < -0.39 is 6.10 Å². The Morgan fingerprint density at radius 1 is 1.42 bits per heavy atom. The second-order valence-electron chi connectivity index (χ2n) is 7.28. The largest absolute Gasteiger partial charge is 0.391 e. The quantitative estimate of drug-likeness (QED) is 0.787. The highest BCUT2D eigenvalue weighted by Gasteiger charge is 2.33. The number of carbonyl (C=O) groups is 1. The lowest BCUT2D eigenvalue weighted by Crippen LogP contribution is -2.32. The second-order valence-corrected chi connectivity index (χ2v) is 8.29. The molecular formula is C17H23N5O3S. The van der Waals surface area contributed by atoms with Gasteiger partial charge in [0.1, 0.15) is 10.8 Å². The number of hydrogen-bond acceptors (Lipinski definition) is 8. The molecular weight excluding hydrogens is 354 g/mol. The Morgan fingerprint density at radius 2 is 2.27 bits per heavy atom. The Kier molecular flexibility index (Phi) is 5.01. The molecule has 0 unspecified atom stereocenters. The van der Waals surface area contributed by atoms with Gasteiger partial charge in [0.25, 0.3) is 0 Å². The molecule has 1 saturated carbocycles. The van der Waals surface area contributed by atoms with Gasteiger partial charge in [0.15, 0.2) is 0 Å². The molecule has 9 heteroatoms. The fourth-order valence-electron chi connectivity index (χ4n) is 3.51. The predicted molar refractivity (Wildman–Crippen MR) is 96.0 cm³/mol. The van der Waals surface area contributed by atoms with Crippen molar-refractivity contribution in [2.45, 2.75) is 44.6 Å². The molecule has 2 atom stereocenters. The first-order chi connectivity index (χ1) is 12.6. The SMILES string of the molecule is Cc1cc(C[C@@H]2CN(CC(=O)Nc3nnc(C4CCC4)s3)C[C@H]2O)on1. The topological polar surface area (TPSA) is 104 Å². The molecule has 2 aromatic heterocycles. The lowest BCUT2D eigenvalue weighted by atomic mass is 9.86. The number of β-amino-alcohol motifs (C(OH)–C–C–N with tert-alkyl or cyclic N) is 1. The van der Waals surface area contributed by atoms with Crippen LogP contribution in [0, 0.1) is 12.8 Å². The highest BCUT2D eigenvalue weighted by atomic mass is 32.1. The first-order valence-electron chi connectivity index (χ1n) is 9.02. The summed E-state index contributed by atoms with van der Waals surface area (Å²) in [4.78, 5) is 14.2. The molecule has 0 radical (unpaired) electrons. The summed E-state index contributed by atoms with van der Waals surface area (Å²) in [6.07, 6.45) is 3.74. The average Bonchev–Trinajstić information content (AvgIpc) is 3.21. The van der Waals surface area contributed by atoms with Crippen LogP contribution in [0.2, 0.25) is 0 Å². The van der Waals surface area contributed by atoms with E-state index in [4.69, 9.17) is 4.52 Å². The molecule has 2 aromatic rings. The number of amides is 1. The van der Waals surface area contributed by atoms with Crippen LogP contribution in [0.1, 0.15) is 41.6 Å². The minimum absolute atomic E-state index is 0.0434. The molecule has 2 fully saturated rings. The lowest BCUT2D eigenvalue weighted by Gasteiger charge is -2.21. The molecule has 2 aliphatic rings. The summed E-state index contributed by atoms with van der Waals surface area (Å²) in [5.74, 6) is 1.22. The number of carbonyl (C=O) groups excluding carboxylic acids is 1. The van der Waals surface area contributed by atoms with Crippen molar-refractivity contribution in [3.63, 3.8) is 0 Å². The van der Waals surface area contributed by atoms with Crippen molar-refractivity contribution in [2.75, 3.05) is 25.0 Å². The number of aliphatic hydroxyl groups is 1. The summed E-state index contributed by atoms with van der Waals surface area (Å²) in [6.45, 7) is 3.24. The van der Waals surface area contributed by atoms with Gasteiger partial charge in [0, 0.05) is 37.4 Å². The zero-order valence-electron chi connectivity index (χ0n) is 14.7. The number of aliphatic hydroxyl groups excluding tert-OH is 1. The number of nitrogens with zero attached hydrogens (tertiary/aromatic N) is 4. The van der Waals surface area contributed by atoms with Crippen LogP contribution in [0.4, 0.5) is 5.13 Å². The van der Waals surface area contributed by atoms with Crippen molar-refractivity contribution in [3.8, 4) is 0 Å². The summed E-state index contributed by atoms with van der Waals surface area (Å²) in [5.41, 5.74) is 0.835. The van der Waals surface area contributed by atoms with Gasteiger partial charge in [-0.25, -0.2) is 0 Å². The van der Waals surface area contributed by atoms with Crippen LogP contribution in [0.25, 0.3) is 0 Å². The Balaban J connectivity index is 1.27. The number of rotatable bonds is 6. The molecule has 1 saturated heterocycles. The Labute approximate surface area is 155 Å². The standard InChI is InChI=1S/C17H23N5O3S/c1-10-5-13(25-21-10)6-12-7-22(8-14(12)23)9-15(24)18-17-20-19-16(26-17)11-3-2-4-11/h5,11-12,14,23H,2-4,6-9H2,1H3,(H,18,20,24)/t12-,14-/m1/s1. The minimum Gasteiger partial charge on any atom is -0.391 e. The highest BCUT2D eigenvalue weighted by molar-refractivity contribution is 7.15. The summed E-state index contributed by atoms with van der Waals surface area (Å²) < 4.78 is 5.23. The zero-order valence-corrected chi connectivity index (χ0v) is 15.5. The van der Waals surface area contributed by atoms with Crippen molar-refractivity contribution >= 4 is 22.4 Å². The number of hydrogen-bond donors (Lipinski definition) is 2. The maximum Gasteiger partial charge on any atom is 0.240 e. The molecule has 2 N–H and O–H groups in total. The first-order valence-corrected chi connectivity index (χ1v) is 9.84. The monoisotopic (exact) mass is 377 g/mol. The molecule has 1 aliphatic carbocycles. The Bertz CT molecular complexity index is 772. The third-order valence-electron chi connectivity index (χ3n) is 5.13. The van der Waals surface area contributed by atoms with E-state index in [-0.39, 0.29) is 18.4 Å². The summed E-state index contributed by atoms with van der Waals surface area (Å²) in [6, 6.07) is 1.89. The molecule has 26 heavy (non-hydrogen) atoms. The smallest absolute Gasteiger partial charge is 0.240 e. The van der Waals surface area contributed by atoms with E-state index in [2.05, 4.69) is 20.7 Å². The third-order valence-corrected chi connectivity index (χ3v) is 6.13. The molecule has 0 aromatic carbocycles. The van der Waals surface area contributed by atoms with Crippen LogP contribution in [0.5, 0.6) is 0 Å². The van der Waals surface area contributed by atoms with E-state index in [0.717, 1.165) is 16.5 Å². The van der Waals surface area contributed by atoms with Gasteiger partial charge in [-0.05, 0) is 19.8 Å². The van der Waals surface area contributed by atoms with Gasteiger partial charge in [-0.2, -0.15) is 0 Å². The van der Waals surface area contributed by atoms with Gasteiger partial charge in [-0.15, -0.1) is 10.2 Å². The number of anilines is 1. The van der Waals surface area contributed by atoms with Gasteiger partial charge in [0.2, 0.25) is 11.0 Å². The maximum atomic E-state index is 12.3. The van der Waals surface area contributed by atoms with Crippen LogP contribution >= 0.6 is 11.3 Å². The lowest BCUT2D eigenvalue weighted by molar-refractivity contribution is -0.117. The number of aromatic nitrogens is 3. The Morgan fingerprint density at radius 3 is 2.96 bits per heavy atom. The van der Waals surface area contributed by atoms with E-state index in [1.54, 1.807) is 0 Å². The Hall–Kier alpha value is -1.84. The molecule has 0 bridgehead atoms. The molecule has 3 heterocycles. The first kappa shape index (κ1) is 17.6.